The van der Waals surface area contributed by atoms with E-state index in [2.05, 4.69) is 21.8 Å². The van der Waals surface area contributed by atoms with Crippen LogP contribution in [0.25, 0.3) is 0 Å². The number of rotatable bonds is 3. The molecule has 6 nitrogen and oxygen atoms in total. The first kappa shape index (κ1) is 15.2. The molecule has 1 aromatic heterocycles. The first-order valence-corrected chi connectivity index (χ1v) is 8.26. The highest BCUT2D eigenvalue weighted by atomic mass is 16.5. The number of anilines is 1. The van der Waals surface area contributed by atoms with Gasteiger partial charge in [-0.05, 0) is 31.7 Å². The summed E-state index contributed by atoms with van der Waals surface area (Å²) >= 11 is 0. The minimum atomic E-state index is -0.0167. The van der Waals surface area contributed by atoms with Crippen LogP contribution in [0.15, 0.2) is 12.3 Å². The van der Waals surface area contributed by atoms with Gasteiger partial charge in [-0.25, -0.2) is 9.97 Å². The van der Waals surface area contributed by atoms with Crippen LogP contribution >= 0.6 is 0 Å². The Kier molecular flexibility index (Phi) is 4.87. The molecule has 0 radical (unpaired) electrons. The first-order valence-electron chi connectivity index (χ1n) is 8.26. The van der Waals surface area contributed by atoms with E-state index in [9.17, 15) is 4.79 Å². The summed E-state index contributed by atoms with van der Waals surface area (Å²) in [5.41, 5.74) is 0.493. The quantitative estimate of drug-likeness (QED) is 0.851. The second-order valence-electron chi connectivity index (χ2n) is 5.90. The summed E-state index contributed by atoms with van der Waals surface area (Å²) in [5, 5.41) is 0. The van der Waals surface area contributed by atoms with Crippen LogP contribution in [0, 0.1) is 0 Å². The number of amides is 1. The second-order valence-corrected chi connectivity index (χ2v) is 5.90. The molecule has 0 N–H and O–H groups in total. The van der Waals surface area contributed by atoms with Gasteiger partial charge in [-0.15, -0.1) is 0 Å². The van der Waals surface area contributed by atoms with Crippen LogP contribution in [0.2, 0.25) is 0 Å². The minimum absolute atomic E-state index is 0.0167. The van der Waals surface area contributed by atoms with Crippen molar-refractivity contribution >= 4 is 11.9 Å². The molecule has 120 valence electrons. The van der Waals surface area contributed by atoms with E-state index >= 15 is 0 Å². The molecule has 0 saturated carbocycles. The Balaban J connectivity index is 1.78. The number of hydrogen-bond donors (Lipinski definition) is 0. The molecule has 2 aliphatic rings. The summed E-state index contributed by atoms with van der Waals surface area (Å²) in [5.74, 6) is 0.683. The fourth-order valence-corrected chi connectivity index (χ4v) is 3.22. The van der Waals surface area contributed by atoms with E-state index in [-0.39, 0.29) is 5.91 Å². The molecule has 0 aromatic carbocycles. The van der Waals surface area contributed by atoms with E-state index < -0.39 is 0 Å². The Morgan fingerprint density at radius 2 is 2.14 bits per heavy atom. The molecule has 3 heterocycles. The maximum Gasteiger partial charge on any atom is 0.272 e. The van der Waals surface area contributed by atoms with Crippen LogP contribution < -0.4 is 4.90 Å². The highest BCUT2D eigenvalue weighted by molar-refractivity contribution is 5.92. The molecular weight excluding hydrogens is 280 g/mol. The number of piperidine rings is 1. The summed E-state index contributed by atoms with van der Waals surface area (Å²) in [4.78, 5) is 25.6. The number of carbonyl (C=O) groups is 1. The van der Waals surface area contributed by atoms with E-state index in [0.29, 0.717) is 44.0 Å². The molecule has 1 aromatic rings. The summed E-state index contributed by atoms with van der Waals surface area (Å²) in [6.07, 6.45) is 6.41. The molecule has 0 spiro atoms. The molecule has 6 heteroatoms. The normalized spacial score (nSPS) is 22.7. The zero-order valence-corrected chi connectivity index (χ0v) is 13.2. The molecule has 2 saturated heterocycles. The second kappa shape index (κ2) is 7.05. The lowest BCUT2D eigenvalue weighted by Gasteiger charge is -2.35. The number of hydrogen-bond acceptors (Lipinski definition) is 5. The van der Waals surface area contributed by atoms with Crippen molar-refractivity contribution in [3.8, 4) is 0 Å². The van der Waals surface area contributed by atoms with E-state index in [1.807, 2.05) is 4.90 Å². The van der Waals surface area contributed by atoms with Crippen molar-refractivity contribution < 1.29 is 9.53 Å². The molecule has 0 aliphatic carbocycles. The standard InChI is InChI=1S/C16H24N4O2/c1-2-13-5-3-4-8-20(13)16-17-7-6-14(18-16)15(21)19-9-11-22-12-10-19/h6-7,13H,2-5,8-12H2,1H3. The predicted octanol–water partition coefficient (Wildman–Crippen LogP) is 1.72. The molecule has 1 unspecified atom stereocenters. The highest BCUT2D eigenvalue weighted by Crippen LogP contribution is 2.23. The van der Waals surface area contributed by atoms with Gasteiger partial charge in [0.15, 0.2) is 0 Å². The summed E-state index contributed by atoms with van der Waals surface area (Å²) < 4.78 is 5.30. The fraction of sp³-hybridized carbons (Fsp3) is 0.688. The molecule has 1 amide bonds. The molecule has 1 atom stereocenters. The molecule has 2 fully saturated rings. The third-order valence-electron chi connectivity index (χ3n) is 4.52. The Morgan fingerprint density at radius 1 is 1.32 bits per heavy atom. The largest absolute Gasteiger partial charge is 0.378 e. The van der Waals surface area contributed by atoms with E-state index in [0.717, 1.165) is 13.0 Å². The highest BCUT2D eigenvalue weighted by Gasteiger charge is 2.25. The van der Waals surface area contributed by atoms with Gasteiger partial charge in [0.2, 0.25) is 5.95 Å². The maximum absolute atomic E-state index is 12.5. The van der Waals surface area contributed by atoms with Crippen LogP contribution in [0.4, 0.5) is 5.95 Å². The van der Waals surface area contributed by atoms with Crippen LogP contribution in [-0.4, -0.2) is 59.7 Å². The zero-order chi connectivity index (χ0) is 15.4. The van der Waals surface area contributed by atoms with Gasteiger partial charge >= 0.3 is 0 Å². The van der Waals surface area contributed by atoms with Crippen LogP contribution in [-0.2, 0) is 4.74 Å². The lowest BCUT2D eigenvalue weighted by molar-refractivity contribution is 0.0299. The summed E-state index contributed by atoms with van der Waals surface area (Å²) in [7, 11) is 0. The summed E-state index contributed by atoms with van der Waals surface area (Å²) in [6, 6.07) is 2.20. The van der Waals surface area contributed by atoms with Crippen LogP contribution in [0.3, 0.4) is 0 Å². The van der Waals surface area contributed by atoms with Crippen molar-refractivity contribution in [3.05, 3.63) is 18.0 Å². The van der Waals surface area contributed by atoms with Crippen LogP contribution in [0.5, 0.6) is 0 Å². The fourth-order valence-electron chi connectivity index (χ4n) is 3.22. The van der Waals surface area contributed by atoms with E-state index in [1.54, 1.807) is 12.3 Å². The molecular formula is C16H24N4O2. The van der Waals surface area contributed by atoms with Gasteiger partial charge in [0.1, 0.15) is 5.69 Å². The Morgan fingerprint density at radius 3 is 2.91 bits per heavy atom. The topological polar surface area (TPSA) is 58.6 Å². The van der Waals surface area contributed by atoms with Gasteiger partial charge in [-0.2, -0.15) is 0 Å². The molecule has 0 bridgehead atoms. The van der Waals surface area contributed by atoms with Gasteiger partial charge in [0.25, 0.3) is 5.91 Å². The minimum Gasteiger partial charge on any atom is -0.378 e. The first-order chi connectivity index (χ1) is 10.8. The number of nitrogens with zero attached hydrogens (tertiary/aromatic N) is 4. The van der Waals surface area contributed by atoms with Crippen molar-refractivity contribution in [3.63, 3.8) is 0 Å². The number of carbonyl (C=O) groups excluding carboxylic acids is 1. The molecule has 22 heavy (non-hydrogen) atoms. The van der Waals surface area contributed by atoms with Crippen molar-refractivity contribution in [2.75, 3.05) is 37.7 Å². The average Bonchev–Trinajstić information content (AvgIpc) is 2.62. The third-order valence-corrected chi connectivity index (χ3v) is 4.52. The molecule has 2 aliphatic heterocycles. The number of ether oxygens (including phenoxy) is 1. The predicted molar refractivity (Wildman–Crippen MR) is 84.0 cm³/mol. The molecule has 3 rings (SSSR count). The van der Waals surface area contributed by atoms with Gasteiger partial charge in [0, 0.05) is 31.9 Å². The lowest BCUT2D eigenvalue weighted by Crippen LogP contribution is -2.42. The van der Waals surface area contributed by atoms with E-state index in [4.69, 9.17) is 4.74 Å². The summed E-state index contributed by atoms with van der Waals surface area (Å²) in [6.45, 7) is 5.67. The Bertz CT molecular complexity index is 517. The van der Waals surface area contributed by atoms with Crippen molar-refractivity contribution in [1.29, 1.82) is 0 Å². The monoisotopic (exact) mass is 304 g/mol. The average molecular weight is 304 g/mol. The third kappa shape index (κ3) is 3.21. The lowest BCUT2D eigenvalue weighted by atomic mass is 10.0. The van der Waals surface area contributed by atoms with Crippen molar-refractivity contribution in [2.45, 2.75) is 38.6 Å². The van der Waals surface area contributed by atoms with E-state index in [1.165, 1.54) is 19.3 Å². The zero-order valence-electron chi connectivity index (χ0n) is 13.2. The van der Waals surface area contributed by atoms with Crippen molar-refractivity contribution in [1.82, 2.24) is 14.9 Å². The number of morpholine rings is 1. The smallest absolute Gasteiger partial charge is 0.272 e. The Labute approximate surface area is 131 Å². The Hall–Kier alpha value is -1.69. The van der Waals surface area contributed by atoms with Gasteiger partial charge in [0.05, 0.1) is 13.2 Å². The SMILES string of the molecule is CCC1CCCCN1c1nccc(C(=O)N2CCOCC2)n1. The van der Waals surface area contributed by atoms with Crippen LogP contribution in [0.1, 0.15) is 43.1 Å². The van der Waals surface area contributed by atoms with Crippen molar-refractivity contribution in [2.24, 2.45) is 0 Å². The van der Waals surface area contributed by atoms with Gasteiger partial charge in [-0.3, -0.25) is 4.79 Å². The van der Waals surface area contributed by atoms with Gasteiger partial charge in [-0.1, -0.05) is 6.92 Å². The maximum atomic E-state index is 12.5. The van der Waals surface area contributed by atoms with Gasteiger partial charge < -0.3 is 14.5 Å². The number of aromatic nitrogens is 2.